The second-order valence-electron chi connectivity index (χ2n) is 8.98. The summed E-state index contributed by atoms with van der Waals surface area (Å²) < 4.78 is 0. The largest absolute Gasteiger partial charge is 0.481 e. The molecule has 0 aliphatic carbocycles. The second-order valence-corrected chi connectivity index (χ2v) is 8.98. The van der Waals surface area contributed by atoms with Crippen LogP contribution in [0.15, 0.2) is 12.2 Å². The standard InChI is InChI=1S/C26H51NO2/c1-4-5-6-16-19-22-25(27(2)3)23-20-17-14-12-10-8-7-9-11-13-15-18-21-24-26(28)29/h9,11,25H,4-8,10,12-24H2,1-3H3,(H,28,29). The molecule has 1 N–H and O–H groups in total. The Morgan fingerprint density at radius 1 is 0.724 bits per heavy atom. The molecule has 0 radical (unpaired) electrons. The molecule has 0 aromatic heterocycles. The van der Waals surface area contributed by atoms with E-state index >= 15 is 0 Å². The fourth-order valence-corrected chi connectivity index (χ4v) is 3.94. The summed E-state index contributed by atoms with van der Waals surface area (Å²) in [7, 11) is 4.50. The summed E-state index contributed by atoms with van der Waals surface area (Å²) in [5.74, 6) is -0.670. The number of allylic oxidation sites excluding steroid dienone is 2. The van der Waals surface area contributed by atoms with E-state index < -0.39 is 5.97 Å². The number of unbranched alkanes of at least 4 members (excludes halogenated alkanes) is 13. The van der Waals surface area contributed by atoms with Crippen LogP contribution in [0.2, 0.25) is 0 Å². The summed E-state index contributed by atoms with van der Waals surface area (Å²) in [6.07, 6.45) is 28.1. The van der Waals surface area contributed by atoms with Gasteiger partial charge in [-0.3, -0.25) is 4.79 Å². The van der Waals surface area contributed by atoms with Crippen molar-refractivity contribution in [3.8, 4) is 0 Å². The van der Waals surface area contributed by atoms with Gasteiger partial charge in [0.1, 0.15) is 0 Å². The number of hydrogen-bond acceptors (Lipinski definition) is 2. The first-order valence-electron chi connectivity index (χ1n) is 12.6. The Labute approximate surface area is 182 Å². The number of carboxylic acid groups (broad SMARTS) is 1. The number of carbonyl (C=O) groups is 1. The SMILES string of the molecule is CCCCCCCC(CCCCCCCCC=CCCCCCC(=O)O)N(C)C. The molecular formula is C26H51NO2. The lowest BCUT2D eigenvalue weighted by Crippen LogP contribution is -2.27. The van der Waals surface area contributed by atoms with Gasteiger partial charge >= 0.3 is 5.97 Å². The first kappa shape index (κ1) is 28.2. The fraction of sp³-hybridized carbons (Fsp3) is 0.885. The number of hydrogen-bond donors (Lipinski definition) is 1. The normalized spacial score (nSPS) is 12.8. The van der Waals surface area contributed by atoms with Crippen molar-refractivity contribution in [1.29, 1.82) is 0 Å². The number of rotatable bonds is 22. The van der Waals surface area contributed by atoms with Crippen molar-refractivity contribution in [2.24, 2.45) is 0 Å². The highest BCUT2D eigenvalue weighted by molar-refractivity contribution is 5.66. The maximum Gasteiger partial charge on any atom is 0.303 e. The summed E-state index contributed by atoms with van der Waals surface area (Å²) in [5, 5.41) is 8.59. The molecule has 0 saturated heterocycles. The zero-order valence-electron chi connectivity index (χ0n) is 20.0. The Kier molecular flexibility index (Phi) is 21.2. The van der Waals surface area contributed by atoms with E-state index in [2.05, 4.69) is 38.1 Å². The maximum atomic E-state index is 10.4. The van der Waals surface area contributed by atoms with Crippen LogP contribution in [0.3, 0.4) is 0 Å². The molecule has 1 atom stereocenters. The molecule has 0 rings (SSSR count). The molecule has 29 heavy (non-hydrogen) atoms. The van der Waals surface area contributed by atoms with Crippen LogP contribution >= 0.6 is 0 Å². The zero-order chi connectivity index (χ0) is 21.6. The fourth-order valence-electron chi connectivity index (χ4n) is 3.94. The van der Waals surface area contributed by atoms with Gasteiger partial charge in [-0.05, 0) is 59.0 Å². The average molecular weight is 410 g/mol. The van der Waals surface area contributed by atoms with Crippen molar-refractivity contribution in [1.82, 2.24) is 4.90 Å². The second kappa shape index (κ2) is 21.9. The van der Waals surface area contributed by atoms with Crippen LogP contribution in [0.25, 0.3) is 0 Å². The molecule has 0 fully saturated rings. The molecule has 0 aromatic rings. The van der Waals surface area contributed by atoms with E-state index in [1.807, 2.05) is 0 Å². The number of aliphatic carboxylic acids is 1. The molecule has 3 heteroatoms. The molecule has 0 aliphatic rings. The molecule has 172 valence electrons. The van der Waals surface area contributed by atoms with Crippen LogP contribution in [0, 0.1) is 0 Å². The van der Waals surface area contributed by atoms with E-state index in [9.17, 15) is 4.79 Å². The van der Waals surface area contributed by atoms with Crippen molar-refractivity contribution in [2.45, 2.75) is 135 Å². The number of nitrogens with zero attached hydrogens (tertiary/aromatic N) is 1. The van der Waals surface area contributed by atoms with Gasteiger partial charge in [0, 0.05) is 12.5 Å². The summed E-state index contributed by atoms with van der Waals surface area (Å²) in [4.78, 5) is 12.9. The lowest BCUT2D eigenvalue weighted by atomic mass is 9.99. The Bertz CT molecular complexity index is 379. The van der Waals surface area contributed by atoms with E-state index in [0.717, 1.165) is 31.7 Å². The first-order chi connectivity index (χ1) is 14.1. The monoisotopic (exact) mass is 409 g/mol. The third kappa shape index (κ3) is 21.7. The van der Waals surface area contributed by atoms with E-state index in [0.29, 0.717) is 6.42 Å². The van der Waals surface area contributed by atoms with E-state index in [1.165, 1.54) is 89.9 Å². The molecule has 1 unspecified atom stereocenters. The van der Waals surface area contributed by atoms with E-state index in [-0.39, 0.29) is 0 Å². The van der Waals surface area contributed by atoms with Crippen LogP contribution in [0.5, 0.6) is 0 Å². The van der Waals surface area contributed by atoms with Crippen LogP contribution in [0.4, 0.5) is 0 Å². The van der Waals surface area contributed by atoms with Crippen LogP contribution in [-0.2, 0) is 4.79 Å². The third-order valence-electron chi connectivity index (χ3n) is 5.96. The molecule has 0 heterocycles. The smallest absolute Gasteiger partial charge is 0.303 e. The zero-order valence-corrected chi connectivity index (χ0v) is 20.0. The van der Waals surface area contributed by atoms with Gasteiger partial charge in [-0.15, -0.1) is 0 Å². The van der Waals surface area contributed by atoms with Crippen molar-refractivity contribution >= 4 is 5.97 Å². The summed E-state index contributed by atoms with van der Waals surface area (Å²) in [6, 6.07) is 0.783. The Morgan fingerprint density at radius 2 is 1.17 bits per heavy atom. The summed E-state index contributed by atoms with van der Waals surface area (Å²) in [5.41, 5.74) is 0. The molecule has 0 aromatic carbocycles. The van der Waals surface area contributed by atoms with Gasteiger partial charge in [0.2, 0.25) is 0 Å². The van der Waals surface area contributed by atoms with Gasteiger partial charge in [-0.2, -0.15) is 0 Å². The van der Waals surface area contributed by atoms with Crippen LogP contribution < -0.4 is 0 Å². The van der Waals surface area contributed by atoms with E-state index in [4.69, 9.17) is 5.11 Å². The third-order valence-corrected chi connectivity index (χ3v) is 5.96. The lowest BCUT2D eigenvalue weighted by Gasteiger charge is -2.24. The van der Waals surface area contributed by atoms with Gasteiger partial charge in [0.15, 0.2) is 0 Å². The van der Waals surface area contributed by atoms with Gasteiger partial charge in [-0.25, -0.2) is 0 Å². The van der Waals surface area contributed by atoms with Gasteiger partial charge in [0.05, 0.1) is 0 Å². The summed E-state index contributed by atoms with van der Waals surface area (Å²) >= 11 is 0. The molecule has 0 spiro atoms. The molecule has 0 aliphatic heterocycles. The first-order valence-corrected chi connectivity index (χ1v) is 12.6. The Hall–Kier alpha value is -0.830. The van der Waals surface area contributed by atoms with E-state index in [1.54, 1.807) is 0 Å². The minimum Gasteiger partial charge on any atom is -0.481 e. The predicted octanol–water partition coefficient (Wildman–Crippen LogP) is 7.99. The Morgan fingerprint density at radius 3 is 1.66 bits per heavy atom. The minimum absolute atomic E-state index is 0.318. The van der Waals surface area contributed by atoms with Crippen molar-refractivity contribution in [2.75, 3.05) is 14.1 Å². The molecular weight excluding hydrogens is 358 g/mol. The maximum absolute atomic E-state index is 10.4. The van der Waals surface area contributed by atoms with Crippen molar-refractivity contribution < 1.29 is 9.90 Å². The van der Waals surface area contributed by atoms with Gasteiger partial charge in [-0.1, -0.05) is 89.7 Å². The highest BCUT2D eigenvalue weighted by Gasteiger charge is 2.10. The highest BCUT2D eigenvalue weighted by Crippen LogP contribution is 2.17. The van der Waals surface area contributed by atoms with Gasteiger partial charge < -0.3 is 10.0 Å². The van der Waals surface area contributed by atoms with Crippen LogP contribution in [0.1, 0.15) is 129 Å². The predicted molar refractivity (Wildman–Crippen MR) is 128 cm³/mol. The van der Waals surface area contributed by atoms with Crippen LogP contribution in [-0.4, -0.2) is 36.1 Å². The number of carboxylic acids is 1. The van der Waals surface area contributed by atoms with Gasteiger partial charge in [0.25, 0.3) is 0 Å². The summed E-state index contributed by atoms with van der Waals surface area (Å²) in [6.45, 7) is 2.29. The topological polar surface area (TPSA) is 40.5 Å². The minimum atomic E-state index is -0.670. The molecule has 0 amide bonds. The highest BCUT2D eigenvalue weighted by atomic mass is 16.4. The molecule has 3 nitrogen and oxygen atoms in total. The van der Waals surface area contributed by atoms with Crippen molar-refractivity contribution in [3.05, 3.63) is 12.2 Å². The molecule has 0 bridgehead atoms. The Balaban J connectivity index is 3.43. The average Bonchev–Trinajstić information content (AvgIpc) is 2.68. The molecule has 0 saturated carbocycles. The van der Waals surface area contributed by atoms with Crippen molar-refractivity contribution in [3.63, 3.8) is 0 Å². The quantitative estimate of drug-likeness (QED) is 0.145. The lowest BCUT2D eigenvalue weighted by molar-refractivity contribution is -0.137.